The van der Waals surface area contributed by atoms with Crippen LogP contribution in [-0.2, 0) is 24.5 Å². The van der Waals surface area contributed by atoms with Gasteiger partial charge in [0, 0.05) is 17.8 Å². The first-order valence-corrected chi connectivity index (χ1v) is 16.7. The van der Waals surface area contributed by atoms with E-state index >= 15 is 0 Å². The van der Waals surface area contributed by atoms with Crippen LogP contribution < -0.4 is 0 Å². The fourth-order valence-electron chi connectivity index (χ4n) is 11.3. The molecule has 6 nitrogen and oxygen atoms in total. The Labute approximate surface area is 223 Å². The van der Waals surface area contributed by atoms with Gasteiger partial charge >= 0.3 is 0 Å². The van der Waals surface area contributed by atoms with E-state index in [-0.39, 0.29) is 69.2 Å². The van der Waals surface area contributed by atoms with E-state index in [4.69, 9.17) is 0 Å². The molecule has 198 valence electrons. The number of aliphatic hydroxyl groups is 1. The minimum absolute atomic E-state index is 0.00544. The summed E-state index contributed by atoms with van der Waals surface area (Å²) in [6.45, 7) is 4.01. The molecule has 0 unspecified atom stereocenters. The number of rotatable bonds is 7. The molecular weight excluding hydrogens is 520 g/mol. The van der Waals surface area contributed by atoms with Gasteiger partial charge in [-0.25, -0.2) is 16.8 Å². The van der Waals surface area contributed by atoms with Crippen LogP contribution in [0.2, 0.25) is 0 Å². The van der Waals surface area contributed by atoms with Gasteiger partial charge in [-0.15, -0.1) is 6.58 Å². The second-order valence-electron chi connectivity index (χ2n) is 12.5. The lowest BCUT2D eigenvalue weighted by Gasteiger charge is -2.49. The Morgan fingerprint density at radius 1 is 0.895 bits per heavy atom. The highest BCUT2D eigenvalue weighted by molar-refractivity contribution is 7.93. The second kappa shape index (κ2) is 7.07. The summed E-state index contributed by atoms with van der Waals surface area (Å²) < 4.78 is 54.0. The maximum atomic E-state index is 14.5. The molecule has 0 amide bonds. The van der Waals surface area contributed by atoms with E-state index in [1.807, 2.05) is 0 Å². The van der Waals surface area contributed by atoms with Crippen molar-refractivity contribution >= 4 is 25.5 Å². The molecule has 0 aromatic heterocycles. The SMILES string of the molecule is C=C[C@]1(O)[C@@H]2[C@H](CCS(=O)(=O)c3ccccc3)[C@@H]3C(=O)[C@@H]4[C@@H]5[C@H]6C[C@@]4(S(=O)(=O)c4ccccc4)[C@@H]1[C@@H]6[C@H]2[C@H]35. The van der Waals surface area contributed by atoms with Crippen LogP contribution in [0, 0.1) is 59.2 Å². The van der Waals surface area contributed by atoms with E-state index in [1.165, 1.54) is 0 Å². The van der Waals surface area contributed by atoms with Gasteiger partial charge in [-0.2, -0.15) is 0 Å². The van der Waals surface area contributed by atoms with E-state index in [9.17, 15) is 26.7 Å². The number of hydrogen-bond acceptors (Lipinski definition) is 6. The maximum Gasteiger partial charge on any atom is 0.185 e. The predicted octanol–water partition coefficient (Wildman–Crippen LogP) is 3.18. The molecule has 0 heterocycles. The molecule has 6 aliphatic rings. The van der Waals surface area contributed by atoms with Crippen LogP contribution in [0.4, 0.5) is 0 Å². The van der Waals surface area contributed by atoms with Gasteiger partial charge in [0.1, 0.15) is 5.78 Å². The average Bonchev–Trinajstić information content (AvgIpc) is 3.70. The summed E-state index contributed by atoms with van der Waals surface area (Å²) in [5, 5.41) is 12.4. The number of fused-ring (bicyclic) bond motifs is 3. The summed E-state index contributed by atoms with van der Waals surface area (Å²) in [7, 11) is -7.49. The van der Waals surface area contributed by atoms with Crippen LogP contribution in [0.1, 0.15) is 12.8 Å². The van der Waals surface area contributed by atoms with Gasteiger partial charge in [0.25, 0.3) is 0 Å². The van der Waals surface area contributed by atoms with Crippen LogP contribution in [0.5, 0.6) is 0 Å². The van der Waals surface area contributed by atoms with Crippen molar-refractivity contribution in [2.24, 2.45) is 59.2 Å². The van der Waals surface area contributed by atoms with Crippen molar-refractivity contribution in [1.82, 2.24) is 0 Å². The summed E-state index contributed by atoms with van der Waals surface area (Å²) in [6.07, 6.45) is 2.25. The van der Waals surface area contributed by atoms with E-state index in [0.29, 0.717) is 6.42 Å². The number of benzene rings is 2. The number of Topliss-reactive ketones (excluding diaryl/α,β-unsaturated/α-hetero) is 1. The topological polar surface area (TPSA) is 106 Å². The summed E-state index contributed by atoms with van der Waals surface area (Å²) in [4.78, 5) is 14.8. The highest BCUT2D eigenvalue weighted by Crippen LogP contribution is 2.87. The molecule has 8 rings (SSSR count). The Hall–Kier alpha value is -2.29. The van der Waals surface area contributed by atoms with Crippen molar-refractivity contribution < 1.29 is 26.7 Å². The molecule has 0 aliphatic heterocycles. The average molecular weight is 551 g/mol. The summed E-state index contributed by atoms with van der Waals surface area (Å²) in [5.74, 6) is -2.14. The Balaban J connectivity index is 1.26. The molecule has 2 aromatic carbocycles. The third kappa shape index (κ3) is 2.32. The van der Waals surface area contributed by atoms with Crippen LogP contribution in [0.25, 0.3) is 0 Å². The standard InChI is InChI=1S/C30H30O6S2/c1-2-29(32)25-18(13-14-37(33,34)16-9-5-3-6-10-16)21-23-20-19-15-30(26(20)27(21)31,28(29)22(19)24(23)25)38(35,36)17-11-7-4-8-12-17/h2-12,18-26,28,32H,1,13-15H2/t18-,19-,20-,21+,22+,23+,24+,25-,26+,28-,29+,30+/m1/s1. The number of ketones is 1. The summed E-state index contributed by atoms with van der Waals surface area (Å²) in [5.41, 5.74) is -1.45. The molecule has 12 atom stereocenters. The molecule has 8 heteroatoms. The summed E-state index contributed by atoms with van der Waals surface area (Å²) >= 11 is 0. The highest BCUT2D eigenvalue weighted by atomic mass is 32.2. The predicted molar refractivity (Wildman–Crippen MR) is 139 cm³/mol. The molecule has 2 aromatic rings. The zero-order valence-corrected chi connectivity index (χ0v) is 22.4. The molecule has 0 radical (unpaired) electrons. The van der Waals surface area contributed by atoms with Crippen molar-refractivity contribution in [3.05, 3.63) is 73.3 Å². The zero-order chi connectivity index (χ0) is 26.4. The normalized spacial score (nSPS) is 46.9. The van der Waals surface area contributed by atoms with Crippen LogP contribution in [0.15, 0.2) is 83.1 Å². The van der Waals surface area contributed by atoms with Crippen molar-refractivity contribution in [1.29, 1.82) is 0 Å². The fourth-order valence-corrected chi connectivity index (χ4v) is 15.3. The van der Waals surface area contributed by atoms with Crippen LogP contribution in [-0.4, -0.2) is 43.8 Å². The quantitative estimate of drug-likeness (QED) is 0.531. The lowest BCUT2D eigenvalue weighted by atomic mass is 9.63. The molecular formula is C30H30O6S2. The van der Waals surface area contributed by atoms with Crippen LogP contribution in [0.3, 0.4) is 0 Å². The van der Waals surface area contributed by atoms with Gasteiger partial charge in [0.2, 0.25) is 0 Å². The minimum atomic E-state index is -3.93. The molecule has 0 saturated heterocycles. The number of hydrogen-bond donors (Lipinski definition) is 1. The van der Waals surface area contributed by atoms with E-state index in [1.54, 1.807) is 66.7 Å². The fraction of sp³-hybridized carbons (Fsp3) is 0.500. The van der Waals surface area contributed by atoms with Gasteiger partial charge in [0.05, 0.1) is 25.9 Å². The first kappa shape index (κ1) is 23.6. The van der Waals surface area contributed by atoms with Crippen molar-refractivity contribution in [3.8, 4) is 0 Å². The molecule has 0 spiro atoms. The maximum absolute atomic E-state index is 14.5. The molecule has 1 N–H and O–H groups in total. The lowest BCUT2D eigenvalue weighted by molar-refractivity contribution is -0.132. The van der Waals surface area contributed by atoms with E-state index in [0.717, 1.165) is 0 Å². The number of carbonyl (C=O) groups is 1. The van der Waals surface area contributed by atoms with Gasteiger partial charge in [-0.1, -0.05) is 42.5 Å². The lowest BCUT2D eigenvalue weighted by Crippen LogP contribution is -2.61. The highest BCUT2D eigenvalue weighted by Gasteiger charge is 2.92. The molecule has 2 bridgehead atoms. The van der Waals surface area contributed by atoms with Gasteiger partial charge in [-0.05, 0) is 78.5 Å². The third-order valence-electron chi connectivity index (χ3n) is 11.8. The molecule has 6 saturated carbocycles. The zero-order valence-electron chi connectivity index (χ0n) is 20.8. The van der Waals surface area contributed by atoms with Gasteiger partial charge < -0.3 is 5.11 Å². The molecule has 6 fully saturated rings. The van der Waals surface area contributed by atoms with Gasteiger partial charge in [-0.3, -0.25) is 4.79 Å². The largest absolute Gasteiger partial charge is 0.385 e. The molecule has 6 aliphatic carbocycles. The van der Waals surface area contributed by atoms with Crippen LogP contribution >= 0.6 is 0 Å². The minimum Gasteiger partial charge on any atom is -0.385 e. The Bertz CT molecular complexity index is 1600. The van der Waals surface area contributed by atoms with Gasteiger partial charge in [0.15, 0.2) is 19.7 Å². The van der Waals surface area contributed by atoms with E-state index in [2.05, 4.69) is 6.58 Å². The van der Waals surface area contributed by atoms with Crippen molar-refractivity contribution in [2.45, 2.75) is 33.0 Å². The summed E-state index contributed by atoms with van der Waals surface area (Å²) in [6, 6.07) is 16.7. The van der Waals surface area contributed by atoms with Crippen molar-refractivity contribution in [2.75, 3.05) is 5.75 Å². The molecule has 38 heavy (non-hydrogen) atoms. The smallest absolute Gasteiger partial charge is 0.185 e. The number of carbonyl (C=O) groups excluding carboxylic acids is 1. The number of sulfone groups is 2. The Morgan fingerprint density at radius 2 is 1.53 bits per heavy atom. The van der Waals surface area contributed by atoms with Crippen molar-refractivity contribution in [3.63, 3.8) is 0 Å². The monoisotopic (exact) mass is 550 g/mol. The Kier molecular flexibility index (Phi) is 4.39. The second-order valence-corrected chi connectivity index (χ2v) is 16.9. The van der Waals surface area contributed by atoms with E-state index < -0.39 is 47.8 Å². The third-order valence-corrected chi connectivity index (χ3v) is 16.2. The first-order valence-electron chi connectivity index (χ1n) is 13.6. The first-order chi connectivity index (χ1) is 18.1. The Morgan fingerprint density at radius 3 is 2.16 bits per heavy atom.